The quantitative estimate of drug-likeness (QED) is 0.839. The van der Waals surface area contributed by atoms with E-state index in [0.717, 1.165) is 12.0 Å². The van der Waals surface area contributed by atoms with Crippen molar-refractivity contribution in [3.05, 3.63) is 35.9 Å². The summed E-state index contributed by atoms with van der Waals surface area (Å²) in [6.45, 7) is 9.06. The zero-order valence-corrected chi connectivity index (χ0v) is 15.4. The van der Waals surface area contributed by atoms with E-state index in [-0.39, 0.29) is 30.3 Å². The van der Waals surface area contributed by atoms with Crippen molar-refractivity contribution in [2.24, 2.45) is 5.92 Å². The Bertz CT molecular complexity index is 599. The highest BCUT2D eigenvalue weighted by atomic mass is 16.8. The van der Waals surface area contributed by atoms with Crippen LogP contribution in [0.4, 0.5) is 0 Å². The van der Waals surface area contributed by atoms with Gasteiger partial charge >= 0.3 is 0 Å². The van der Waals surface area contributed by atoms with Gasteiger partial charge in [0.15, 0.2) is 11.6 Å². The molecule has 5 heteroatoms. The van der Waals surface area contributed by atoms with Gasteiger partial charge in [0.05, 0.1) is 25.4 Å². The van der Waals surface area contributed by atoms with Gasteiger partial charge in [0.1, 0.15) is 12.2 Å². The molecule has 2 heterocycles. The lowest BCUT2D eigenvalue weighted by atomic mass is 9.80. The topological polar surface area (TPSA) is 46.2 Å². The Balaban J connectivity index is 1.51. The van der Waals surface area contributed by atoms with Crippen LogP contribution in [0.2, 0.25) is 0 Å². The Morgan fingerprint density at radius 3 is 2.36 bits per heavy atom. The van der Waals surface area contributed by atoms with Gasteiger partial charge in [-0.3, -0.25) is 0 Å². The fourth-order valence-corrected chi connectivity index (χ4v) is 4.13. The van der Waals surface area contributed by atoms with Crippen LogP contribution in [-0.2, 0) is 30.3 Å². The molecule has 1 aromatic rings. The third-order valence-electron chi connectivity index (χ3n) is 5.23. The number of hydrogen-bond acceptors (Lipinski definition) is 5. The molecular weight excluding hydrogens is 320 g/mol. The van der Waals surface area contributed by atoms with Crippen molar-refractivity contribution >= 4 is 0 Å². The molecule has 2 aliphatic heterocycles. The third-order valence-corrected chi connectivity index (χ3v) is 5.23. The second-order valence-corrected chi connectivity index (χ2v) is 8.19. The maximum Gasteiger partial charge on any atom is 0.164 e. The largest absolute Gasteiger partial charge is 0.371 e. The Labute approximate surface area is 149 Å². The molecule has 3 aliphatic rings. The van der Waals surface area contributed by atoms with E-state index in [4.69, 9.17) is 23.7 Å². The van der Waals surface area contributed by atoms with Gasteiger partial charge < -0.3 is 23.7 Å². The average Bonchev–Trinajstić information content (AvgIpc) is 2.89. The molecular formula is C20H28O5. The van der Waals surface area contributed by atoms with Crippen LogP contribution in [0.1, 0.15) is 39.7 Å². The number of hydrogen-bond donors (Lipinski definition) is 0. The van der Waals surface area contributed by atoms with Gasteiger partial charge in [0, 0.05) is 5.92 Å². The molecule has 0 radical (unpaired) electrons. The minimum atomic E-state index is -0.621. The van der Waals surface area contributed by atoms with Gasteiger partial charge in [-0.25, -0.2) is 0 Å². The number of benzene rings is 1. The molecule has 0 N–H and O–H groups in total. The maximum absolute atomic E-state index is 6.26. The van der Waals surface area contributed by atoms with Gasteiger partial charge in [-0.2, -0.15) is 0 Å². The normalized spacial score (nSPS) is 38.8. The molecule has 25 heavy (non-hydrogen) atoms. The summed E-state index contributed by atoms with van der Waals surface area (Å²) in [6, 6.07) is 10.2. The summed E-state index contributed by atoms with van der Waals surface area (Å²) in [5.41, 5.74) is 1.16. The second-order valence-electron chi connectivity index (χ2n) is 8.19. The van der Waals surface area contributed by atoms with E-state index >= 15 is 0 Å². The first-order valence-electron chi connectivity index (χ1n) is 9.16. The van der Waals surface area contributed by atoms with Crippen LogP contribution >= 0.6 is 0 Å². The molecule has 1 aliphatic carbocycles. The molecule has 5 nitrogen and oxygen atoms in total. The fraction of sp³-hybridized carbons (Fsp3) is 0.700. The molecule has 0 unspecified atom stereocenters. The maximum atomic E-state index is 6.26. The van der Waals surface area contributed by atoms with E-state index in [1.807, 2.05) is 45.9 Å². The summed E-state index contributed by atoms with van der Waals surface area (Å²) in [4.78, 5) is 0. The van der Waals surface area contributed by atoms with Crippen molar-refractivity contribution in [1.29, 1.82) is 0 Å². The highest BCUT2D eigenvalue weighted by Gasteiger charge is 2.57. The van der Waals surface area contributed by atoms with Crippen molar-refractivity contribution in [3.8, 4) is 0 Å². The molecule has 1 saturated carbocycles. The highest BCUT2D eigenvalue weighted by molar-refractivity contribution is 5.13. The summed E-state index contributed by atoms with van der Waals surface area (Å²) in [5.74, 6) is -0.947. The molecule has 2 saturated heterocycles. The van der Waals surface area contributed by atoms with E-state index in [2.05, 4.69) is 12.1 Å². The van der Waals surface area contributed by atoms with Crippen LogP contribution in [0.25, 0.3) is 0 Å². The van der Waals surface area contributed by atoms with E-state index in [1.165, 1.54) is 0 Å². The molecule has 0 bridgehead atoms. The lowest BCUT2D eigenvalue weighted by Crippen LogP contribution is -2.60. The van der Waals surface area contributed by atoms with Crippen LogP contribution in [0.3, 0.4) is 0 Å². The fourth-order valence-electron chi connectivity index (χ4n) is 4.13. The average molecular weight is 348 g/mol. The zero-order valence-electron chi connectivity index (χ0n) is 15.4. The van der Waals surface area contributed by atoms with E-state index in [0.29, 0.717) is 13.2 Å². The van der Waals surface area contributed by atoms with Crippen LogP contribution in [-0.4, -0.2) is 42.6 Å². The van der Waals surface area contributed by atoms with Crippen LogP contribution in [0, 0.1) is 5.92 Å². The van der Waals surface area contributed by atoms with Crippen LogP contribution in [0.15, 0.2) is 30.3 Å². The molecule has 3 fully saturated rings. The Kier molecular flexibility index (Phi) is 4.41. The number of rotatable bonds is 3. The van der Waals surface area contributed by atoms with Gasteiger partial charge in [0.25, 0.3) is 0 Å². The Morgan fingerprint density at radius 2 is 1.60 bits per heavy atom. The van der Waals surface area contributed by atoms with Crippen molar-refractivity contribution in [1.82, 2.24) is 0 Å². The third kappa shape index (κ3) is 3.62. The predicted molar refractivity (Wildman–Crippen MR) is 91.9 cm³/mol. The lowest BCUT2D eigenvalue weighted by Gasteiger charge is -2.48. The molecule has 5 atom stereocenters. The molecule has 4 rings (SSSR count). The highest BCUT2D eigenvalue weighted by Crippen LogP contribution is 2.45. The number of fused-ring (bicyclic) bond motifs is 3. The lowest BCUT2D eigenvalue weighted by molar-refractivity contribution is -0.324. The summed E-state index contributed by atoms with van der Waals surface area (Å²) in [5, 5.41) is 0. The summed E-state index contributed by atoms with van der Waals surface area (Å²) < 4.78 is 30.8. The standard InChI is InChI=1S/C20H28O5/c1-19(2)22-12-14-10-15(21-11-13-8-6-5-7-9-13)17-18(16(14)23-19)25-20(3,4)24-17/h5-9,14-18H,10-12H2,1-4H3/t14-,15-,16+,17+,18-/m0/s1. The SMILES string of the molecule is CC1(C)OC[C@@H]2C[C@H](OCc3ccccc3)[C@H]3OC(C)(C)O[C@H]3[C@@H]2O1. The minimum Gasteiger partial charge on any atom is -0.371 e. The van der Waals surface area contributed by atoms with E-state index < -0.39 is 11.6 Å². The molecule has 138 valence electrons. The smallest absolute Gasteiger partial charge is 0.164 e. The summed E-state index contributed by atoms with van der Waals surface area (Å²) in [6.07, 6.45) is 0.564. The molecule has 0 amide bonds. The van der Waals surface area contributed by atoms with Crippen LogP contribution in [0.5, 0.6) is 0 Å². The Hall–Kier alpha value is -0.980. The van der Waals surface area contributed by atoms with Crippen molar-refractivity contribution < 1.29 is 23.7 Å². The monoisotopic (exact) mass is 348 g/mol. The van der Waals surface area contributed by atoms with E-state index in [1.54, 1.807) is 0 Å². The summed E-state index contributed by atoms with van der Waals surface area (Å²) >= 11 is 0. The van der Waals surface area contributed by atoms with E-state index in [9.17, 15) is 0 Å². The first-order valence-corrected chi connectivity index (χ1v) is 9.16. The number of ether oxygens (including phenoxy) is 5. The van der Waals surface area contributed by atoms with Crippen molar-refractivity contribution in [2.45, 2.75) is 76.7 Å². The van der Waals surface area contributed by atoms with Gasteiger partial charge in [-0.05, 0) is 39.7 Å². The minimum absolute atomic E-state index is 0.0212. The van der Waals surface area contributed by atoms with Crippen molar-refractivity contribution in [2.75, 3.05) is 6.61 Å². The predicted octanol–water partition coefficient (Wildman–Crippen LogP) is 3.26. The first-order chi connectivity index (χ1) is 11.8. The molecule has 0 aromatic heterocycles. The molecule has 0 spiro atoms. The second kappa shape index (κ2) is 6.32. The molecule has 1 aromatic carbocycles. The van der Waals surface area contributed by atoms with Gasteiger partial charge in [0.2, 0.25) is 0 Å². The van der Waals surface area contributed by atoms with Gasteiger partial charge in [-0.1, -0.05) is 30.3 Å². The zero-order chi connectivity index (χ0) is 17.7. The summed E-state index contributed by atoms with van der Waals surface area (Å²) in [7, 11) is 0. The van der Waals surface area contributed by atoms with Crippen molar-refractivity contribution in [3.63, 3.8) is 0 Å². The Morgan fingerprint density at radius 1 is 0.920 bits per heavy atom. The first kappa shape index (κ1) is 17.4. The van der Waals surface area contributed by atoms with Crippen LogP contribution < -0.4 is 0 Å². The van der Waals surface area contributed by atoms with Gasteiger partial charge in [-0.15, -0.1) is 0 Å².